The van der Waals surface area contributed by atoms with Crippen molar-refractivity contribution in [1.29, 1.82) is 0 Å². The Bertz CT molecular complexity index is 2530. The SMILES string of the molecule is c1ccc(-c2cc(-c3ccccc3)nc(-c3ccc4c(c3)nc(-c3ccccc3)c3c5ccc(-c6ccccc6)nc5ccc43)n2)cc1. The number of hydrogen-bond donors (Lipinski definition) is 0. The van der Waals surface area contributed by atoms with Crippen molar-refractivity contribution in [3.05, 3.63) is 170 Å². The summed E-state index contributed by atoms with van der Waals surface area (Å²) in [6, 6.07) is 58.4. The van der Waals surface area contributed by atoms with Gasteiger partial charge in [-0.05, 0) is 35.7 Å². The zero-order valence-corrected chi connectivity index (χ0v) is 26.0. The molecule has 0 fully saturated rings. The molecule has 0 amide bonds. The van der Waals surface area contributed by atoms with Gasteiger partial charge in [0.05, 0.1) is 33.8 Å². The molecule has 0 N–H and O–H groups in total. The molecular weight excluding hydrogens is 585 g/mol. The second-order valence-corrected chi connectivity index (χ2v) is 11.9. The van der Waals surface area contributed by atoms with Crippen molar-refractivity contribution in [3.63, 3.8) is 0 Å². The highest BCUT2D eigenvalue weighted by Crippen LogP contribution is 2.39. The van der Waals surface area contributed by atoms with Crippen molar-refractivity contribution in [2.45, 2.75) is 0 Å². The summed E-state index contributed by atoms with van der Waals surface area (Å²) in [7, 11) is 0. The molecule has 0 aliphatic rings. The average Bonchev–Trinajstić information content (AvgIpc) is 3.18. The molecule has 0 atom stereocenters. The highest BCUT2D eigenvalue weighted by molar-refractivity contribution is 6.21. The predicted octanol–water partition coefficient (Wildman–Crippen LogP) is 11.1. The molecule has 0 unspecified atom stereocenters. The zero-order chi connectivity index (χ0) is 31.9. The molecule has 224 valence electrons. The minimum absolute atomic E-state index is 0.663. The maximum atomic E-state index is 5.37. The lowest BCUT2D eigenvalue weighted by Crippen LogP contribution is -1.97. The van der Waals surface area contributed by atoms with Crippen LogP contribution in [0.3, 0.4) is 0 Å². The van der Waals surface area contributed by atoms with Gasteiger partial charge >= 0.3 is 0 Å². The Morgan fingerprint density at radius 3 is 1.42 bits per heavy atom. The lowest BCUT2D eigenvalue weighted by Gasteiger charge is -2.14. The quantitative estimate of drug-likeness (QED) is 0.181. The number of aromatic nitrogens is 4. The first-order valence-electron chi connectivity index (χ1n) is 16.1. The minimum atomic E-state index is 0.663. The summed E-state index contributed by atoms with van der Waals surface area (Å²) < 4.78 is 0. The first-order valence-corrected chi connectivity index (χ1v) is 16.1. The number of hydrogen-bond acceptors (Lipinski definition) is 4. The molecule has 0 saturated heterocycles. The Labute approximate surface area is 278 Å². The first-order chi connectivity index (χ1) is 23.8. The molecular formula is C44H28N4. The fourth-order valence-electron chi connectivity index (χ4n) is 6.52. The van der Waals surface area contributed by atoms with Crippen molar-refractivity contribution in [3.8, 4) is 56.4 Å². The minimum Gasteiger partial charge on any atom is -0.248 e. The molecule has 0 aliphatic carbocycles. The van der Waals surface area contributed by atoms with Crippen LogP contribution in [0.15, 0.2) is 170 Å². The van der Waals surface area contributed by atoms with E-state index in [1.807, 2.05) is 60.7 Å². The standard InChI is InChI=1S/C44H28N4/c1-5-13-29(14-6-1)37-25-24-36-38(45-37)26-23-35-34-22-21-33(27-41(34)46-43(42(35)36)32-19-11-4-12-20-32)44-47-39(30-15-7-2-8-16-30)28-40(48-44)31-17-9-3-10-18-31/h1-28H. The molecule has 6 aromatic carbocycles. The largest absolute Gasteiger partial charge is 0.248 e. The second-order valence-electron chi connectivity index (χ2n) is 11.9. The Kier molecular flexibility index (Phi) is 6.76. The van der Waals surface area contributed by atoms with Gasteiger partial charge in [0.15, 0.2) is 5.82 Å². The average molecular weight is 613 g/mol. The molecule has 0 spiro atoms. The summed E-state index contributed by atoms with van der Waals surface area (Å²) in [6.45, 7) is 0. The van der Waals surface area contributed by atoms with Crippen molar-refractivity contribution < 1.29 is 0 Å². The molecule has 3 heterocycles. The molecule has 3 aromatic heterocycles. The number of nitrogens with zero attached hydrogens (tertiary/aromatic N) is 4. The zero-order valence-electron chi connectivity index (χ0n) is 26.0. The number of benzene rings is 6. The van der Waals surface area contributed by atoms with Crippen molar-refractivity contribution in [2.75, 3.05) is 0 Å². The van der Waals surface area contributed by atoms with Gasteiger partial charge in [0.25, 0.3) is 0 Å². The van der Waals surface area contributed by atoms with Crippen LogP contribution in [0.4, 0.5) is 0 Å². The lowest BCUT2D eigenvalue weighted by molar-refractivity contribution is 1.18. The topological polar surface area (TPSA) is 51.6 Å². The fraction of sp³-hybridized carbons (Fsp3) is 0. The second kappa shape index (κ2) is 11.7. The number of rotatable bonds is 5. The third-order valence-corrected chi connectivity index (χ3v) is 8.87. The maximum Gasteiger partial charge on any atom is 0.160 e. The fourth-order valence-corrected chi connectivity index (χ4v) is 6.52. The van der Waals surface area contributed by atoms with Gasteiger partial charge in [-0.3, -0.25) is 0 Å². The molecule has 0 aliphatic heterocycles. The van der Waals surface area contributed by atoms with Gasteiger partial charge < -0.3 is 0 Å². The van der Waals surface area contributed by atoms with Crippen LogP contribution in [-0.2, 0) is 0 Å². The van der Waals surface area contributed by atoms with Crippen molar-refractivity contribution in [1.82, 2.24) is 19.9 Å². The molecule has 0 bridgehead atoms. The Hall–Kier alpha value is -6.52. The summed E-state index contributed by atoms with van der Waals surface area (Å²) in [4.78, 5) is 20.6. The van der Waals surface area contributed by atoms with Gasteiger partial charge in [-0.2, -0.15) is 0 Å². The summed E-state index contributed by atoms with van der Waals surface area (Å²) in [5.41, 5.74) is 10.6. The molecule has 9 aromatic rings. The van der Waals surface area contributed by atoms with E-state index < -0.39 is 0 Å². The van der Waals surface area contributed by atoms with Crippen LogP contribution in [0.5, 0.6) is 0 Å². The van der Waals surface area contributed by atoms with Crippen molar-refractivity contribution in [2.24, 2.45) is 0 Å². The van der Waals surface area contributed by atoms with Gasteiger partial charge in [-0.25, -0.2) is 19.9 Å². The van der Waals surface area contributed by atoms with Crippen LogP contribution in [0.2, 0.25) is 0 Å². The number of fused-ring (bicyclic) bond motifs is 5. The first kappa shape index (κ1) is 27.8. The summed E-state index contributed by atoms with van der Waals surface area (Å²) in [5, 5.41) is 4.39. The molecule has 0 radical (unpaired) electrons. The molecule has 4 heteroatoms. The van der Waals surface area contributed by atoms with E-state index in [1.165, 1.54) is 0 Å². The lowest BCUT2D eigenvalue weighted by atomic mass is 9.95. The molecule has 0 saturated carbocycles. The van der Waals surface area contributed by atoms with Crippen LogP contribution in [0.1, 0.15) is 0 Å². The predicted molar refractivity (Wildman–Crippen MR) is 197 cm³/mol. The Morgan fingerprint density at radius 2 is 0.812 bits per heavy atom. The highest BCUT2D eigenvalue weighted by Gasteiger charge is 2.17. The smallest absolute Gasteiger partial charge is 0.160 e. The van der Waals surface area contributed by atoms with Crippen LogP contribution < -0.4 is 0 Å². The van der Waals surface area contributed by atoms with Crippen molar-refractivity contribution >= 4 is 32.6 Å². The van der Waals surface area contributed by atoms with Gasteiger partial charge in [-0.1, -0.05) is 140 Å². The molecule has 4 nitrogen and oxygen atoms in total. The summed E-state index contributed by atoms with van der Waals surface area (Å²) in [5.74, 6) is 0.663. The van der Waals surface area contributed by atoms with E-state index in [-0.39, 0.29) is 0 Å². The van der Waals surface area contributed by atoms with Gasteiger partial charge in [-0.15, -0.1) is 0 Å². The van der Waals surface area contributed by atoms with E-state index in [0.717, 1.165) is 83.2 Å². The van der Waals surface area contributed by atoms with Crippen LogP contribution >= 0.6 is 0 Å². The highest BCUT2D eigenvalue weighted by atomic mass is 14.9. The summed E-state index contributed by atoms with van der Waals surface area (Å²) >= 11 is 0. The Morgan fingerprint density at radius 1 is 0.292 bits per heavy atom. The molecule has 48 heavy (non-hydrogen) atoms. The van der Waals surface area contributed by atoms with Gasteiger partial charge in [0.1, 0.15) is 0 Å². The third kappa shape index (κ3) is 4.97. The van der Waals surface area contributed by atoms with Gasteiger partial charge in [0.2, 0.25) is 0 Å². The maximum absolute atomic E-state index is 5.37. The Balaban J connectivity index is 1.26. The van der Waals surface area contributed by atoms with E-state index in [2.05, 4.69) is 109 Å². The monoisotopic (exact) mass is 612 g/mol. The molecule has 9 rings (SSSR count). The van der Waals surface area contributed by atoms with Gasteiger partial charge in [0, 0.05) is 44.0 Å². The summed E-state index contributed by atoms with van der Waals surface area (Å²) in [6.07, 6.45) is 0. The van der Waals surface area contributed by atoms with E-state index in [0.29, 0.717) is 5.82 Å². The van der Waals surface area contributed by atoms with E-state index >= 15 is 0 Å². The van der Waals surface area contributed by atoms with Crippen LogP contribution in [0, 0.1) is 0 Å². The van der Waals surface area contributed by atoms with E-state index in [9.17, 15) is 0 Å². The normalized spacial score (nSPS) is 11.3. The number of pyridine rings is 2. The third-order valence-electron chi connectivity index (χ3n) is 8.87. The van der Waals surface area contributed by atoms with E-state index in [4.69, 9.17) is 19.9 Å². The van der Waals surface area contributed by atoms with Crippen LogP contribution in [0.25, 0.3) is 89.0 Å². The van der Waals surface area contributed by atoms with E-state index in [1.54, 1.807) is 0 Å². The van der Waals surface area contributed by atoms with Crippen LogP contribution in [-0.4, -0.2) is 19.9 Å².